The Kier molecular flexibility index (Phi) is 7.77. The Bertz CT molecular complexity index is 850. The molecule has 0 unspecified atom stereocenters. The van der Waals surface area contributed by atoms with E-state index in [2.05, 4.69) is 35.6 Å². The Labute approximate surface area is 172 Å². The molecule has 0 aromatic heterocycles. The largest absolute Gasteiger partial charge is 0.490 e. The van der Waals surface area contributed by atoms with Crippen molar-refractivity contribution < 1.29 is 9.47 Å². The minimum absolute atomic E-state index is 0.517. The summed E-state index contributed by atoms with van der Waals surface area (Å²) in [4.78, 5) is 0. The van der Waals surface area contributed by atoms with E-state index in [-0.39, 0.29) is 0 Å². The highest BCUT2D eigenvalue weighted by Gasteiger charge is 2.11. The Morgan fingerprint density at radius 3 is 2.36 bits per heavy atom. The molecule has 146 valence electrons. The fourth-order valence-corrected chi connectivity index (χ4v) is 3.10. The molecule has 0 saturated carbocycles. The molecule has 0 bridgehead atoms. The number of rotatable bonds is 10. The van der Waals surface area contributed by atoms with Crippen LogP contribution in [0.1, 0.15) is 23.6 Å². The van der Waals surface area contributed by atoms with Gasteiger partial charge < -0.3 is 14.8 Å². The average molecular weight is 396 g/mol. The van der Waals surface area contributed by atoms with Crippen molar-refractivity contribution in [2.24, 2.45) is 0 Å². The van der Waals surface area contributed by atoms with Crippen molar-refractivity contribution >= 4 is 11.6 Å². The molecule has 0 spiro atoms. The van der Waals surface area contributed by atoms with Gasteiger partial charge in [-0.3, -0.25) is 0 Å². The van der Waals surface area contributed by atoms with Crippen LogP contribution in [0.25, 0.3) is 0 Å². The van der Waals surface area contributed by atoms with Gasteiger partial charge in [-0.1, -0.05) is 66.2 Å². The fraction of sp³-hybridized carbons (Fsp3) is 0.250. The van der Waals surface area contributed by atoms with Crippen molar-refractivity contribution in [2.75, 3.05) is 13.2 Å². The van der Waals surface area contributed by atoms with E-state index < -0.39 is 0 Å². The summed E-state index contributed by atoms with van der Waals surface area (Å²) in [7, 11) is 0. The van der Waals surface area contributed by atoms with E-state index in [9.17, 15) is 0 Å². The smallest absolute Gasteiger partial charge is 0.166 e. The van der Waals surface area contributed by atoms with Crippen LogP contribution in [-0.4, -0.2) is 13.2 Å². The van der Waals surface area contributed by atoms with Crippen LogP contribution >= 0.6 is 11.6 Å². The quantitative estimate of drug-likeness (QED) is 0.450. The van der Waals surface area contributed by atoms with Crippen molar-refractivity contribution in [2.45, 2.75) is 26.5 Å². The Morgan fingerprint density at radius 2 is 1.61 bits per heavy atom. The van der Waals surface area contributed by atoms with Crippen molar-refractivity contribution in [3.05, 3.63) is 94.5 Å². The van der Waals surface area contributed by atoms with Crippen LogP contribution in [0.4, 0.5) is 0 Å². The molecule has 0 aliphatic heterocycles. The van der Waals surface area contributed by atoms with Gasteiger partial charge >= 0.3 is 0 Å². The van der Waals surface area contributed by atoms with Crippen LogP contribution in [-0.2, 0) is 19.6 Å². The van der Waals surface area contributed by atoms with Gasteiger partial charge in [-0.2, -0.15) is 0 Å². The lowest BCUT2D eigenvalue weighted by atomic mass is 10.1. The SMILES string of the molecule is CCOc1cccc(CNCCc2ccc(Cl)cc2)c1OCc1ccccc1. The van der Waals surface area contributed by atoms with Crippen LogP contribution in [0, 0.1) is 0 Å². The molecule has 3 nitrogen and oxygen atoms in total. The number of nitrogens with one attached hydrogen (secondary N) is 1. The second-order valence-electron chi connectivity index (χ2n) is 6.50. The maximum absolute atomic E-state index is 6.16. The summed E-state index contributed by atoms with van der Waals surface area (Å²) in [5.41, 5.74) is 3.49. The second-order valence-corrected chi connectivity index (χ2v) is 6.94. The summed E-state index contributed by atoms with van der Waals surface area (Å²) in [5.74, 6) is 1.60. The Morgan fingerprint density at radius 1 is 0.821 bits per heavy atom. The lowest BCUT2D eigenvalue weighted by Crippen LogP contribution is -2.17. The van der Waals surface area contributed by atoms with Gasteiger partial charge in [0.1, 0.15) is 6.61 Å². The first-order valence-corrected chi connectivity index (χ1v) is 10.0. The van der Waals surface area contributed by atoms with E-state index >= 15 is 0 Å². The lowest BCUT2D eigenvalue weighted by Gasteiger charge is -2.16. The number of hydrogen-bond donors (Lipinski definition) is 1. The molecule has 0 saturated heterocycles. The first-order valence-electron chi connectivity index (χ1n) is 9.63. The van der Waals surface area contributed by atoms with Gasteiger partial charge in [-0.15, -0.1) is 0 Å². The summed E-state index contributed by atoms with van der Waals surface area (Å²) in [6.45, 7) is 4.70. The molecule has 3 aromatic rings. The van der Waals surface area contributed by atoms with Crippen LogP contribution in [0.5, 0.6) is 11.5 Å². The molecule has 0 amide bonds. The minimum atomic E-state index is 0.517. The number of hydrogen-bond acceptors (Lipinski definition) is 3. The summed E-state index contributed by atoms with van der Waals surface area (Å²) in [6.07, 6.45) is 0.947. The molecule has 3 rings (SSSR count). The van der Waals surface area contributed by atoms with Gasteiger partial charge in [0.25, 0.3) is 0 Å². The summed E-state index contributed by atoms with van der Waals surface area (Å²) >= 11 is 5.94. The minimum Gasteiger partial charge on any atom is -0.490 e. The average Bonchev–Trinajstić information content (AvgIpc) is 2.73. The number of benzene rings is 3. The molecule has 28 heavy (non-hydrogen) atoms. The standard InChI is InChI=1S/C24H26ClNO2/c1-2-27-23-10-6-9-21(24(23)28-18-20-7-4-3-5-8-20)17-26-16-15-19-11-13-22(25)14-12-19/h3-14,26H,2,15-18H2,1H3. The Balaban J connectivity index is 1.62. The summed E-state index contributed by atoms with van der Waals surface area (Å²) in [5, 5.41) is 4.27. The van der Waals surface area contributed by atoms with Gasteiger partial charge in [0, 0.05) is 17.1 Å². The second kappa shape index (κ2) is 10.7. The van der Waals surface area contributed by atoms with Crippen LogP contribution in [0.15, 0.2) is 72.8 Å². The third-order valence-electron chi connectivity index (χ3n) is 4.41. The predicted molar refractivity (Wildman–Crippen MR) is 115 cm³/mol. The van der Waals surface area contributed by atoms with Gasteiger partial charge in [0.2, 0.25) is 0 Å². The van der Waals surface area contributed by atoms with Gasteiger partial charge in [0.15, 0.2) is 11.5 Å². The van der Waals surface area contributed by atoms with Gasteiger partial charge in [-0.05, 0) is 49.2 Å². The molecule has 0 aliphatic carbocycles. The van der Waals surface area contributed by atoms with Crippen LogP contribution in [0.3, 0.4) is 0 Å². The monoisotopic (exact) mass is 395 g/mol. The highest BCUT2D eigenvalue weighted by atomic mass is 35.5. The van der Waals surface area contributed by atoms with Crippen LogP contribution in [0.2, 0.25) is 5.02 Å². The normalized spacial score (nSPS) is 10.6. The molecule has 3 aromatic carbocycles. The van der Waals surface area contributed by atoms with E-state index in [4.69, 9.17) is 21.1 Å². The molecular formula is C24H26ClNO2. The van der Waals surface area contributed by atoms with Crippen molar-refractivity contribution in [1.29, 1.82) is 0 Å². The van der Waals surface area contributed by atoms with Crippen molar-refractivity contribution in [3.63, 3.8) is 0 Å². The fourth-order valence-electron chi connectivity index (χ4n) is 2.97. The van der Waals surface area contributed by atoms with E-state index in [1.165, 1.54) is 5.56 Å². The molecule has 0 aliphatic rings. The van der Waals surface area contributed by atoms with Gasteiger partial charge in [0.05, 0.1) is 6.61 Å². The highest BCUT2D eigenvalue weighted by molar-refractivity contribution is 6.30. The number of halogens is 1. The highest BCUT2D eigenvalue weighted by Crippen LogP contribution is 2.32. The third kappa shape index (κ3) is 6.01. The lowest BCUT2D eigenvalue weighted by molar-refractivity contribution is 0.266. The maximum Gasteiger partial charge on any atom is 0.166 e. The zero-order valence-corrected chi connectivity index (χ0v) is 16.9. The van der Waals surface area contributed by atoms with E-state index in [0.717, 1.165) is 47.2 Å². The number of ether oxygens (including phenoxy) is 2. The molecule has 0 atom stereocenters. The maximum atomic E-state index is 6.16. The van der Waals surface area contributed by atoms with Gasteiger partial charge in [-0.25, -0.2) is 0 Å². The number of para-hydroxylation sites is 1. The first kappa shape index (κ1) is 20.2. The molecular weight excluding hydrogens is 370 g/mol. The van der Waals surface area contributed by atoms with E-state index in [1.807, 2.05) is 49.4 Å². The first-order chi connectivity index (χ1) is 13.8. The van der Waals surface area contributed by atoms with Crippen LogP contribution < -0.4 is 14.8 Å². The van der Waals surface area contributed by atoms with Crippen molar-refractivity contribution in [1.82, 2.24) is 5.32 Å². The summed E-state index contributed by atoms with van der Waals surface area (Å²) in [6, 6.07) is 24.2. The Hall–Kier alpha value is -2.49. The zero-order valence-electron chi connectivity index (χ0n) is 16.2. The molecule has 0 fully saturated rings. The topological polar surface area (TPSA) is 30.5 Å². The summed E-state index contributed by atoms with van der Waals surface area (Å²) < 4.78 is 11.9. The molecule has 1 N–H and O–H groups in total. The molecule has 0 heterocycles. The van der Waals surface area contributed by atoms with E-state index in [1.54, 1.807) is 0 Å². The zero-order chi connectivity index (χ0) is 19.6. The third-order valence-corrected chi connectivity index (χ3v) is 4.66. The molecule has 4 heteroatoms. The van der Waals surface area contributed by atoms with E-state index in [0.29, 0.717) is 13.2 Å². The van der Waals surface area contributed by atoms with Crippen molar-refractivity contribution in [3.8, 4) is 11.5 Å². The molecule has 0 radical (unpaired) electrons. The predicted octanol–water partition coefficient (Wildman–Crippen LogP) is 5.65.